The van der Waals surface area contributed by atoms with Crippen LogP contribution < -0.4 is 0 Å². The molecule has 1 aliphatic carbocycles. The van der Waals surface area contributed by atoms with Gasteiger partial charge in [0.25, 0.3) is 0 Å². The summed E-state index contributed by atoms with van der Waals surface area (Å²) in [7, 11) is 0. The van der Waals surface area contributed by atoms with Gasteiger partial charge in [0, 0.05) is 0 Å². The lowest BCUT2D eigenvalue weighted by Gasteiger charge is -2.42. The van der Waals surface area contributed by atoms with Crippen molar-refractivity contribution in [3.63, 3.8) is 0 Å². The number of hydrogen-bond donors (Lipinski definition) is 1. The topological polar surface area (TPSA) is 32.6 Å². The Labute approximate surface area is 158 Å². The lowest BCUT2D eigenvalue weighted by atomic mass is 9.62. The molecule has 2 heteroatoms. The molecule has 0 heterocycles. The highest BCUT2D eigenvalue weighted by atomic mass is 16.4. The van der Waals surface area contributed by atoms with E-state index in [-0.39, 0.29) is 10.8 Å². The van der Waals surface area contributed by atoms with Gasteiger partial charge in [0.2, 0.25) is 0 Å². The summed E-state index contributed by atoms with van der Waals surface area (Å²) >= 11 is 0. The molecular formula is C24H31NO. The summed E-state index contributed by atoms with van der Waals surface area (Å²) in [5.41, 5.74) is 9.55. The number of rotatable bonds is 3. The molecule has 0 bridgehead atoms. The fourth-order valence-corrected chi connectivity index (χ4v) is 4.31. The van der Waals surface area contributed by atoms with Crippen LogP contribution in [0.2, 0.25) is 0 Å². The fourth-order valence-electron chi connectivity index (χ4n) is 4.31. The van der Waals surface area contributed by atoms with Crippen LogP contribution in [0.1, 0.15) is 75.3 Å². The van der Waals surface area contributed by atoms with Crippen LogP contribution in [0.3, 0.4) is 0 Å². The molecule has 1 aliphatic rings. The van der Waals surface area contributed by atoms with E-state index in [1.165, 1.54) is 52.4 Å². The van der Waals surface area contributed by atoms with E-state index < -0.39 is 0 Å². The Kier molecular flexibility index (Phi) is 4.72. The second-order valence-corrected chi connectivity index (χ2v) is 9.00. The number of fused-ring (bicyclic) bond motifs is 1. The van der Waals surface area contributed by atoms with Crippen molar-refractivity contribution in [1.29, 1.82) is 0 Å². The van der Waals surface area contributed by atoms with Gasteiger partial charge in [-0.05, 0) is 82.0 Å². The number of benzene rings is 2. The molecule has 0 fully saturated rings. The Morgan fingerprint density at radius 3 is 2.15 bits per heavy atom. The van der Waals surface area contributed by atoms with E-state index in [1.807, 2.05) is 6.07 Å². The van der Waals surface area contributed by atoms with Crippen LogP contribution in [-0.4, -0.2) is 11.4 Å². The first-order chi connectivity index (χ1) is 12.2. The van der Waals surface area contributed by atoms with Gasteiger partial charge in [0.15, 0.2) is 0 Å². The van der Waals surface area contributed by atoms with Crippen molar-refractivity contribution < 1.29 is 5.21 Å². The van der Waals surface area contributed by atoms with Crippen molar-refractivity contribution in [3.8, 4) is 11.1 Å². The highest BCUT2D eigenvalue weighted by Gasteiger charge is 2.37. The Hall–Kier alpha value is -2.09. The molecule has 0 spiro atoms. The minimum Gasteiger partial charge on any atom is -0.411 e. The van der Waals surface area contributed by atoms with Crippen molar-refractivity contribution in [3.05, 3.63) is 58.1 Å². The predicted molar refractivity (Wildman–Crippen MR) is 111 cm³/mol. The molecule has 0 atom stereocenters. The van der Waals surface area contributed by atoms with Crippen LogP contribution >= 0.6 is 0 Å². The average Bonchev–Trinajstić information content (AvgIpc) is 2.59. The van der Waals surface area contributed by atoms with Crippen LogP contribution in [0.25, 0.3) is 11.1 Å². The summed E-state index contributed by atoms with van der Waals surface area (Å²) < 4.78 is 0. The van der Waals surface area contributed by atoms with Crippen LogP contribution in [0, 0.1) is 6.92 Å². The fraction of sp³-hybridized carbons (Fsp3) is 0.458. The number of oxime groups is 1. The van der Waals surface area contributed by atoms with Gasteiger partial charge in [0.05, 0.1) is 6.21 Å². The van der Waals surface area contributed by atoms with Crippen LogP contribution in [0.5, 0.6) is 0 Å². The van der Waals surface area contributed by atoms with Gasteiger partial charge < -0.3 is 5.21 Å². The third-order valence-electron chi connectivity index (χ3n) is 6.21. The van der Waals surface area contributed by atoms with Gasteiger partial charge >= 0.3 is 0 Å². The molecule has 0 radical (unpaired) electrons. The van der Waals surface area contributed by atoms with Crippen LogP contribution in [0.4, 0.5) is 0 Å². The SMILES string of the molecule is CCc1ccc(C=NO)cc1-c1cc2c(cc1C)C(C)(C)CCC2(C)C. The standard InChI is InChI=1S/C24H31NO/c1-7-18-9-8-17(15-25-26)13-20(18)19-14-22-21(12-16(19)2)23(3,4)10-11-24(22,5)6/h8-9,12-15,26H,7,10-11H2,1-6H3. The van der Waals surface area contributed by atoms with E-state index in [4.69, 9.17) is 5.21 Å². The lowest BCUT2D eigenvalue weighted by Crippen LogP contribution is -2.34. The molecule has 3 rings (SSSR count). The molecule has 138 valence electrons. The quantitative estimate of drug-likeness (QED) is 0.389. The van der Waals surface area contributed by atoms with Crippen LogP contribution in [0.15, 0.2) is 35.5 Å². The first-order valence-electron chi connectivity index (χ1n) is 9.66. The van der Waals surface area contributed by atoms with Gasteiger partial charge in [0.1, 0.15) is 0 Å². The Balaban J connectivity index is 2.27. The molecule has 2 nitrogen and oxygen atoms in total. The maximum atomic E-state index is 8.92. The van der Waals surface area contributed by atoms with E-state index in [2.05, 4.69) is 71.0 Å². The van der Waals surface area contributed by atoms with Crippen LogP contribution in [-0.2, 0) is 17.3 Å². The third kappa shape index (κ3) is 3.18. The zero-order valence-electron chi connectivity index (χ0n) is 17.0. The van der Waals surface area contributed by atoms with E-state index in [9.17, 15) is 0 Å². The monoisotopic (exact) mass is 349 g/mol. The minimum absolute atomic E-state index is 0.198. The van der Waals surface area contributed by atoms with Gasteiger partial charge in [-0.25, -0.2) is 0 Å². The molecule has 0 amide bonds. The van der Waals surface area contributed by atoms with Gasteiger partial charge in [-0.3, -0.25) is 0 Å². The summed E-state index contributed by atoms with van der Waals surface area (Å²) in [6, 6.07) is 11.2. The van der Waals surface area contributed by atoms with Crippen molar-refractivity contribution in [1.82, 2.24) is 0 Å². The molecule has 0 saturated carbocycles. The Morgan fingerprint density at radius 2 is 1.58 bits per heavy atom. The maximum Gasteiger partial charge on any atom is 0.0734 e. The second kappa shape index (κ2) is 6.57. The zero-order valence-corrected chi connectivity index (χ0v) is 17.0. The summed E-state index contributed by atoms with van der Waals surface area (Å²) in [6.45, 7) is 13.9. The molecule has 0 saturated heterocycles. The second-order valence-electron chi connectivity index (χ2n) is 9.00. The number of hydrogen-bond acceptors (Lipinski definition) is 2. The number of aryl methyl sites for hydroxylation is 2. The van der Waals surface area contributed by atoms with Crippen molar-refractivity contribution in [2.24, 2.45) is 5.16 Å². The average molecular weight is 350 g/mol. The predicted octanol–water partition coefficient (Wildman–Crippen LogP) is 6.38. The van der Waals surface area contributed by atoms with Gasteiger partial charge in [-0.1, -0.05) is 64.0 Å². The molecular weight excluding hydrogens is 318 g/mol. The third-order valence-corrected chi connectivity index (χ3v) is 6.21. The molecule has 0 aromatic heterocycles. The van der Waals surface area contributed by atoms with Gasteiger partial charge in [-0.15, -0.1) is 0 Å². The molecule has 2 aromatic rings. The highest BCUT2D eigenvalue weighted by molar-refractivity contribution is 5.84. The highest BCUT2D eigenvalue weighted by Crippen LogP contribution is 2.47. The first kappa shape index (κ1) is 18.7. The molecule has 2 aromatic carbocycles. The van der Waals surface area contributed by atoms with E-state index in [0.29, 0.717) is 0 Å². The molecule has 0 aliphatic heterocycles. The Bertz CT molecular complexity index is 859. The van der Waals surface area contributed by atoms with Crippen molar-refractivity contribution in [2.45, 2.75) is 71.6 Å². The minimum atomic E-state index is 0.198. The largest absolute Gasteiger partial charge is 0.411 e. The first-order valence-corrected chi connectivity index (χ1v) is 9.66. The smallest absolute Gasteiger partial charge is 0.0734 e. The molecule has 0 unspecified atom stereocenters. The Morgan fingerprint density at radius 1 is 0.962 bits per heavy atom. The lowest BCUT2D eigenvalue weighted by molar-refractivity contribution is 0.322. The van der Waals surface area contributed by atoms with E-state index >= 15 is 0 Å². The summed E-state index contributed by atoms with van der Waals surface area (Å²) in [4.78, 5) is 0. The van der Waals surface area contributed by atoms with Crippen molar-refractivity contribution >= 4 is 6.21 Å². The summed E-state index contributed by atoms with van der Waals surface area (Å²) in [5, 5.41) is 12.1. The molecule has 26 heavy (non-hydrogen) atoms. The number of nitrogens with zero attached hydrogens (tertiary/aromatic N) is 1. The molecule has 1 N–H and O–H groups in total. The normalized spacial score (nSPS) is 18.1. The van der Waals surface area contributed by atoms with Gasteiger partial charge in [-0.2, -0.15) is 0 Å². The van der Waals surface area contributed by atoms with E-state index in [1.54, 1.807) is 0 Å². The maximum absolute atomic E-state index is 8.92. The summed E-state index contributed by atoms with van der Waals surface area (Å²) in [6.07, 6.45) is 4.93. The summed E-state index contributed by atoms with van der Waals surface area (Å²) in [5.74, 6) is 0. The van der Waals surface area contributed by atoms with Crippen molar-refractivity contribution in [2.75, 3.05) is 0 Å². The van der Waals surface area contributed by atoms with E-state index in [0.717, 1.165) is 12.0 Å². The zero-order chi connectivity index (χ0) is 19.1.